The number of rotatable bonds is 7. The number of hydrogen-bond acceptors (Lipinski definition) is 3. The number of piperidine rings is 1. The van der Waals surface area contributed by atoms with Crippen LogP contribution >= 0.6 is 0 Å². The van der Waals surface area contributed by atoms with E-state index in [1.54, 1.807) is 4.90 Å². The van der Waals surface area contributed by atoms with E-state index < -0.39 is 6.04 Å². The molecule has 2 saturated heterocycles. The third-order valence-electron chi connectivity index (χ3n) is 4.66. The van der Waals surface area contributed by atoms with E-state index >= 15 is 0 Å². The molecule has 130 valence electrons. The molecule has 3 rings (SSSR count). The van der Waals surface area contributed by atoms with Gasteiger partial charge in [-0.1, -0.05) is 43.7 Å². The molecule has 0 radical (unpaired) electrons. The van der Waals surface area contributed by atoms with Crippen LogP contribution in [0.15, 0.2) is 30.3 Å². The van der Waals surface area contributed by atoms with Crippen molar-refractivity contribution in [3.8, 4) is 0 Å². The summed E-state index contributed by atoms with van der Waals surface area (Å²) >= 11 is 0. The topological polar surface area (TPSA) is 61.9 Å². The normalized spacial score (nSPS) is 22.8. The van der Waals surface area contributed by atoms with Gasteiger partial charge in [0, 0.05) is 13.1 Å². The predicted octanol–water partition coefficient (Wildman–Crippen LogP) is 2.30. The van der Waals surface area contributed by atoms with Crippen molar-refractivity contribution in [3.05, 3.63) is 35.9 Å². The van der Waals surface area contributed by atoms with E-state index in [0.717, 1.165) is 24.8 Å². The molecule has 6 heteroatoms. The van der Waals surface area contributed by atoms with E-state index in [0.29, 0.717) is 26.1 Å². The molecule has 1 N–H and O–H groups in total. The van der Waals surface area contributed by atoms with Gasteiger partial charge in [-0.2, -0.15) is 5.06 Å². The standard InChI is InChI=1S/C18H25N3O3/c1-2-3-11-24-21-15-9-10-16(20(13-15)18(21)23)17(22)19-12-14-7-5-4-6-8-14/h4-8,15-16H,2-3,9-13H2,1H3,(H,19,22)/t15?,16-/m0/s1. The van der Waals surface area contributed by atoms with Gasteiger partial charge in [0.25, 0.3) is 0 Å². The van der Waals surface area contributed by atoms with E-state index in [-0.39, 0.29) is 18.0 Å². The fraction of sp³-hybridized carbons (Fsp3) is 0.556. The Labute approximate surface area is 142 Å². The quantitative estimate of drug-likeness (QED) is 0.780. The minimum atomic E-state index is -0.391. The minimum absolute atomic E-state index is 0.0764. The van der Waals surface area contributed by atoms with Gasteiger partial charge in [-0.3, -0.25) is 9.63 Å². The van der Waals surface area contributed by atoms with Crippen molar-refractivity contribution in [1.29, 1.82) is 0 Å². The lowest BCUT2D eigenvalue weighted by molar-refractivity contribution is -0.131. The van der Waals surface area contributed by atoms with Gasteiger partial charge in [-0.25, -0.2) is 4.79 Å². The number of nitrogens with one attached hydrogen (secondary N) is 1. The molecule has 0 aromatic heterocycles. The van der Waals surface area contributed by atoms with Crippen LogP contribution < -0.4 is 5.32 Å². The first-order chi connectivity index (χ1) is 11.7. The minimum Gasteiger partial charge on any atom is -0.350 e. The summed E-state index contributed by atoms with van der Waals surface area (Å²) in [6.07, 6.45) is 3.45. The molecule has 2 bridgehead atoms. The van der Waals surface area contributed by atoms with Crippen LogP contribution in [0.25, 0.3) is 0 Å². The molecule has 2 atom stereocenters. The third-order valence-corrected chi connectivity index (χ3v) is 4.66. The highest BCUT2D eigenvalue weighted by molar-refractivity contribution is 5.88. The van der Waals surface area contributed by atoms with Crippen LogP contribution in [0, 0.1) is 0 Å². The van der Waals surface area contributed by atoms with Gasteiger partial charge in [-0.15, -0.1) is 0 Å². The van der Waals surface area contributed by atoms with Crippen molar-refractivity contribution in [2.45, 2.75) is 51.2 Å². The number of carbonyl (C=O) groups excluding carboxylic acids is 2. The fourth-order valence-electron chi connectivity index (χ4n) is 3.28. The number of hydrogen-bond donors (Lipinski definition) is 1. The first-order valence-corrected chi connectivity index (χ1v) is 8.75. The number of nitrogens with zero attached hydrogens (tertiary/aromatic N) is 2. The van der Waals surface area contributed by atoms with Crippen LogP contribution in [0.3, 0.4) is 0 Å². The second kappa shape index (κ2) is 7.66. The molecule has 24 heavy (non-hydrogen) atoms. The largest absolute Gasteiger partial charge is 0.350 e. The lowest BCUT2D eigenvalue weighted by Gasteiger charge is -2.29. The van der Waals surface area contributed by atoms with Gasteiger partial charge in [0.05, 0.1) is 12.6 Å². The first kappa shape index (κ1) is 16.8. The van der Waals surface area contributed by atoms with Crippen molar-refractivity contribution in [2.75, 3.05) is 13.2 Å². The molecule has 1 unspecified atom stereocenters. The van der Waals surface area contributed by atoms with Crippen LogP contribution in [0.2, 0.25) is 0 Å². The Bertz CT molecular complexity index is 578. The smallest absolute Gasteiger partial charge is 0.345 e. The van der Waals surface area contributed by atoms with E-state index in [2.05, 4.69) is 12.2 Å². The molecule has 2 fully saturated rings. The average molecular weight is 331 g/mol. The molecule has 3 amide bonds. The number of urea groups is 1. The van der Waals surface area contributed by atoms with Gasteiger partial charge < -0.3 is 10.2 Å². The predicted molar refractivity (Wildman–Crippen MR) is 89.9 cm³/mol. The number of benzene rings is 1. The highest BCUT2D eigenvalue weighted by Gasteiger charge is 2.47. The summed E-state index contributed by atoms with van der Waals surface area (Å²) in [5.41, 5.74) is 1.05. The summed E-state index contributed by atoms with van der Waals surface area (Å²) in [5.74, 6) is -0.0824. The zero-order valence-electron chi connectivity index (χ0n) is 14.1. The highest BCUT2D eigenvalue weighted by atomic mass is 16.7. The molecule has 2 aliphatic heterocycles. The Balaban J connectivity index is 1.56. The molecule has 0 aliphatic carbocycles. The molecule has 2 aliphatic rings. The van der Waals surface area contributed by atoms with Crippen molar-refractivity contribution in [1.82, 2.24) is 15.3 Å². The highest BCUT2D eigenvalue weighted by Crippen LogP contribution is 2.30. The van der Waals surface area contributed by atoms with E-state index in [4.69, 9.17) is 4.84 Å². The molecular formula is C18H25N3O3. The van der Waals surface area contributed by atoms with Crippen LogP contribution in [0.4, 0.5) is 4.79 Å². The summed E-state index contributed by atoms with van der Waals surface area (Å²) in [7, 11) is 0. The summed E-state index contributed by atoms with van der Waals surface area (Å²) in [5, 5.41) is 4.43. The third kappa shape index (κ3) is 3.53. The molecule has 6 nitrogen and oxygen atoms in total. The maximum absolute atomic E-state index is 12.5. The van der Waals surface area contributed by atoms with Crippen LogP contribution in [0.5, 0.6) is 0 Å². The van der Waals surface area contributed by atoms with Crippen molar-refractivity contribution in [2.24, 2.45) is 0 Å². The summed E-state index contributed by atoms with van der Waals surface area (Å²) in [6.45, 7) is 3.70. The van der Waals surface area contributed by atoms with Crippen molar-refractivity contribution < 1.29 is 14.4 Å². The Morgan fingerprint density at radius 1 is 1.29 bits per heavy atom. The second-order valence-corrected chi connectivity index (χ2v) is 6.40. The molecule has 2 heterocycles. The number of amides is 3. The number of hydroxylamine groups is 2. The van der Waals surface area contributed by atoms with E-state index in [1.165, 1.54) is 5.06 Å². The molecule has 1 aromatic rings. The van der Waals surface area contributed by atoms with Gasteiger partial charge in [0.1, 0.15) is 6.04 Å². The molecule has 0 spiro atoms. The maximum atomic E-state index is 12.5. The average Bonchev–Trinajstić information content (AvgIpc) is 2.85. The number of fused-ring (bicyclic) bond motifs is 2. The van der Waals surface area contributed by atoms with Crippen molar-refractivity contribution >= 4 is 11.9 Å². The Morgan fingerprint density at radius 3 is 2.83 bits per heavy atom. The number of unbranched alkanes of at least 4 members (excludes halogenated alkanes) is 1. The lowest BCUT2D eigenvalue weighted by atomic mass is 10.0. The van der Waals surface area contributed by atoms with Gasteiger partial charge in [0.15, 0.2) is 0 Å². The van der Waals surface area contributed by atoms with Crippen molar-refractivity contribution in [3.63, 3.8) is 0 Å². The maximum Gasteiger partial charge on any atom is 0.345 e. The lowest BCUT2D eigenvalue weighted by Crippen LogP contribution is -2.49. The van der Waals surface area contributed by atoms with Crippen LogP contribution in [-0.4, -0.2) is 47.1 Å². The summed E-state index contributed by atoms with van der Waals surface area (Å²) < 4.78 is 0. The van der Waals surface area contributed by atoms with Crippen LogP contribution in [-0.2, 0) is 16.2 Å². The van der Waals surface area contributed by atoms with Gasteiger partial charge in [-0.05, 0) is 24.8 Å². The summed E-state index contributed by atoms with van der Waals surface area (Å²) in [4.78, 5) is 32.3. The van der Waals surface area contributed by atoms with E-state index in [9.17, 15) is 9.59 Å². The SMILES string of the molecule is CCCCON1C(=O)N2CC1CC[C@H]2C(=O)NCc1ccccc1. The second-order valence-electron chi connectivity index (χ2n) is 6.40. The zero-order chi connectivity index (χ0) is 16.9. The molecule has 0 saturated carbocycles. The number of carbonyl (C=O) groups is 2. The molecular weight excluding hydrogens is 306 g/mol. The van der Waals surface area contributed by atoms with Gasteiger partial charge >= 0.3 is 6.03 Å². The van der Waals surface area contributed by atoms with Crippen LogP contribution in [0.1, 0.15) is 38.2 Å². The van der Waals surface area contributed by atoms with E-state index in [1.807, 2.05) is 30.3 Å². The zero-order valence-corrected chi connectivity index (χ0v) is 14.1. The monoisotopic (exact) mass is 331 g/mol. The fourth-order valence-corrected chi connectivity index (χ4v) is 3.28. The first-order valence-electron chi connectivity index (χ1n) is 8.75. The van der Waals surface area contributed by atoms with Gasteiger partial charge in [0.2, 0.25) is 5.91 Å². The molecule has 1 aromatic carbocycles. The Hall–Kier alpha value is -2.08. The Morgan fingerprint density at radius 2 is 2.08 bits per heavy atom. The Kier molecular flexibility index (Phi) is 5.35. The summed E-state index contributed by atoms with van der Waals surface area (Å²) in [6, 6.07) is 9.30.